The van der Waals surface area contributed by atoms with Gasteiger partial charge >= 0.3 is 6.09 Å². The number of aryl methyl sites for hydroxylation is 1. The summed E-state index contributed by atoms with van der Waals surface area (Å²) in [5.41, 5.74) is 3.18. The Morgan fingerprint density at radius 3 is 2.94 bits per heavy atom. The highest BCUT2D eigenvalue weighted by Crippen LogP contribution is 2.40. The van der Waals surface area contributed by atoms with Crippen LogP contribution < -0.4 is 4.72 Å². The van der Waals surface area contributed by atoms with Crippen LogP contribution in [-0.2, 0) is 32.5 Å². The Kier molecular flexibility index (Phi) is 6.10. The molecular weight excluding hydrogens is 499 g/mol. The Labute approximate surface area is 206 Å². The first-order valence-electron chi connectivity index (χ1n) is 11.1. The van der Waals surface area contributed by atoms with Crippen molar-refractivity contribution in [2.45, 2.75) is 26.0 Å². The first-order valence-corrected chi connectivity index (χ1v) is 13.1. The molecule has 0 bridgehead atoms. The van der Waals surface area contributed by atoms with E-state index in [2.05, 4.69) is 4.72 Å². The van der Waals surface area contributed by atoms with Crippen LogP contribution in [-0.4, -0.2) is 67.6 Å². The number of benzene rings is 2. The molecule has 5 rings (SSSR count). The van der Waals surface area contributed by atoms with Crippen LogP contribution in [0.3, 0.4) is 0 Å². The predicted molar refractivity (Wildman–Crippen MR) is 130 cm³/mol. The molecule has 1 aromatic heterocycles. The van der Waals surface area contributed by atoms with Crippen LogP contribution >= 0.6 is 11.6 Å². The molecule has 0 aliphatic carbocycles. The number of nitrogens with zero attached hydrogens (tertiary/aromatic N) is 3. The van der Waals surface area contributed by atoms with Crippen molar-refractivity contribution in [3.8, 4) is 11.4 Å². The Balaban J connectivity index is 1.61. The highest BCUT2D eigenvalue weighted by Gasteiger charge is 2.30. The Morgan fingerprint density at radius 2 is 2.17 bits per heavy atom. The van der Waals surface area contributed by atoms with Gasteiger partial charge in [0.25, 0.3) is 0 Å². The number of hydrogen-bond donors (Lipinski definition) is 1. The molecule has 1 N–H and O–H groups in total. The van der Waals surface area contributed by atoms with Gasteiger partial charge in [-0.2, -0.15) is 0 Å². The molecule has 1 atom stereocenters. The minimum Gasteiger partial charge on any atom is -0.453 e. The Hall–Kier alpha value is -2.89. The van der Waals surface area contributed by atoms with Gasteiger partial charge in [-0.1, -0.05) is 17.7 Å². The molecule has 1 amide bonds. The van der Waals surface area contributed by atoms with Crippen LogP contribution in [0.5, 0.6) is 0 Å². The minimum atomic E-state index is -3.53. The molecule has 186 valence electrons. The topological polar surface area (TPSA) is 103 Å². The lowest BCUT2D eigenvalue weighted by atomic mass is 10.0. The summed E-state index contributed by atoms with van der Waals surface area (Å²) in [5, 5.41) is 0.122. The van der Waals surface area contributed by atoms with Gasteiger partial charge in [0.15, 0.2) is 0 Å². The number of rotatable bonds is 3. The summed E-state index contributed by atoms with van der Waals surface area (Å²) in [6.07, 6.45) is -0.655. The van der Waals surface area contributed by atoms with Gasteiger partial charge in [-0.05, 0) is 42.7 Å². The van der Waals surface area contributed by atoms with Gasteiger partial charge in [0.1, 0.15) is 11.6 Å². The van der Waals surface area contributed by atoms with Crippen molar-refractivity contribution in [2.24, 2.45) is 0 Å². The molecule has 0 radical (unpaired) electrons. The highest BCUT2D eigenvalue weighted by atomic mass is 35.5. The number of anilines is 1. The summed E-state index contributed by atoms with van der Waals surface area (Å²) in [4.78, 5) is 18.3. The zero-order valence-corrected chi connectivity index (χ0v) is 20.7. The maximum absolute atomic E-state index is 15.5. The number of imidazole rings is 1. The van der Waals surface area contributed by atoms with Crippen LogP contribution in [0.25, 0.3) is 22.4 Å². The lowest BCUT2D eigenvalue weighted by molar-refractivity contribution is -0.0310. The molecule has 1 saturated heterocycles. The molecular formula is C23H24ClFN4O5S. The van der Waals surface area contributed by atoms with Crippen molar-refractivity contribution in [1.29, 1.82) is 0 Å². The summed E-state index contributed by atoms with van der Waals surface area (Å²) < 4.78 is 54.4. The number of sulfonamides is 1. The van der Waals surface area contributed by atoms with E-state index in [0.717, 1.165) is 17.1 Å². The number of morpholine rings is 1. The van der Waals surface area contributed by atoms with Crippen LogP contribution in [0.4, 0.5) is 14.9 Å². The number of fused-ring (bicyclic) bond motifs is 2. The third-order valence-corrected chi connectivity index (χ3v) is 7.98. The van der Waals surface area contributed by atoms with E-state index >= 15 is 4.39 Å². The van der Waals surface area contributed by atoms with Gasteiger partial charge in [-0.25, -0.2) is 22.6 Å². The van der Waals surface area contributed by atoms with Crippen molar-refractivity contribution in [2.75, 3.05) is 37.3 Å². The van der Waals surface area contributed by atoms with Crippen molar-refractivity contribution >= 4 is 44.4 Å². The number of amides is 1. The summed E-state index contributed by atoms with van der Waals surface area (Å²) in [6, 6.07) is 6.89. The quantitative estimate of drug-likeness (QED) is 0.564. The zero-order valence-electron chi connectivity index (χ0n) is 19.2. The standard InChI is InChI=1S/C23H24ClFN4O5S/c1-13-3-4-19-18(9-13)26-22(29(19)12-14-11-28(6-7-34-14)23(30)33-2)20-16(25)10-17-15(21(20)24)5-8-35(31,32)27-17/h3-4,9-10,14,27H,5-8,11-12H2,1-2H3/t14-/m1/s1. The summed E-state index contributed by atoms with van der Waals surface area (Å²) in [5.74, 6) is -0.518. The number of carbonyl (C=O) groups excluding carboxylic acids is 1. The maximum Gasteiger partial charge on any atom is 0.409 e. The largest absolute Gasteiger partial charge is 0.453 e. The third kappa shape index (κ3) is 4.43. The summed E-state index contributed by atoms with van der Waals surface area (Å²) in [7, 11) is -2.20. The highest BCUT2D eigenvalue weighted by molar-refractivity contribution is 7.92. The Morgan fingerprint density at radius 1 is 1.37 bits per heavy atom. The molecule has 2 aliphatic heterocycles. The molecule has 3 aromatic rings. The van der Waals surface area contributed by atoms with E-state index in [1.165, 1.54) is 7.11 Å². The minimum absolute atomic E-state index is 0.0981. The van der Waals surface area contributed by atoms with E-state index in [-0.39, 0.29) is 34.6 Å². The van der Waals surface area contributed by atoms with Crippen molar-refractivity contribution < 1.29 is 27.1 Å². The lowest BCUT2D eigenvalue weighted by Crippen LogP contribution is -2.47. The molecule has 0 spiro atoms. The zero-order chi connectivity index (χ0) is 24.9. The van der Waals surface area contributed by atoms with Gasteiger partial charge in [0.2, 0.25) is 10.0 Å². The van der Waals surface area contributed by atoms with E-state index in [4.69, 9.17) is 26.1 Å². The number of ether oxygens (including phenoxy) is 2. The molecule has 3 heterocycles. The molecule has 2 aliphatic rings. The number of aromatic nitrogens is 2. The Bertz CT molecular complexity index is 1440. The fourth-order valence-electron chi connectivity index (χ4n) is 4.60. The van der Waals surface area contributed by atoms with Crippen molar-refractivity contribution in [1.82, 2.24) is 14.5 Å². The molecule has 12 heteroatoms. The van der Waals surface area contributed by atoms with Gasteiger partial charge in [-0.15, -0.1) is 0 Å². The lowest BCUT2D eigenvalue weighted by Gasteiger charge is -2.32. The molecule has 1 fully saturated rings. The van der Waals surface area contributed by atoms with Gasteiger partial charge < -0.3 is 18.9 Å². The van der Waals surface area contributed by atoms with E-state index in [9.17, 15) is 13.2 Å². The predicted octanol–water partition coefficient (Wildman–Crippen LogP) is 3.57. The first kappa shape index (κ1) is 23.8. The van der Waals surface area contributed by atoms with Crippen LogP contribution in [0.2, 0.25) is 5.02 Å². The van der Waals surface area contributed by atoms with Crippen molar-refractivity contribution in [3.05, 3.63) is 46.2 Å². The monoisotopic (exact) mass is 522 g/mol. The number of nitrogens with one attached hydrogen (secondary N) is 1. The van der Waals surface area contributed by atoms with Crippen molar-refractivity contribution in [3.63, 3.8) is 0 Å². The van der Waals surface area contributed by atoms with Gasteiger partial charge in [0, 0.05) is 6.54 Å². The second kappa shape index (κ2) is 8.96. The van der Waals surface area contributed by atoms with E-state index < -0.39 is 21.9 Å². The molecule has 2 aromatic carbocycles. The summed E-state index contributed by atoms with van der Waals surface area (Å²) >= 11 is 6.69. The maximum atomic E-state index is 15.5. The fraction of sp³-hybridized carbons (Fsp3) is 0.391. The first-order chi connectivity index (χ1) is 16.7. The number of carbonyl (C=O) groups is 1. The average Bonchev–Trinajstić information content (AvgIpc) is 3.14. The molecule has 35 heavy (non-hydrogen) atoms. The van der Waals surface area contributed by atoms with Crippen LogP contribution in [0, 0.1) is 12.7 Å². The molecule has 9 nitrogen and oxygen atoms in total. The fourth-order valence-corrected chi connectivity index (χ4v) is 6.06. The van der Waals surface area contributed by atoms with E-state index in [1.54, 1.807) is 4.90 Å². The average molecular weight is 523 g/mol. The van der Waals surface area contributed by atoms with E-state index in [1.807, 2.05) is 29.7 Å². The smallest absolute Gasteiger partial charge is 0.409 e. The second-order valence-corrected chi connectivity index (χ2v) is 10.9. The van der Waals surface area contributed by atoms with Gasteiger partial charge in [-0.3, -0.25) is 4.72 Å². The number of hydrogen-bond acceptors (Lipinski definition) is 6. The van der Waals surface area contributed by atoms with Crippen LogP contribution in [0.1, 0.15) is 11.1 Å². The van der Waals surface area contributed by atoms with Crippen LogP contribution in [0.15, 0.2) is 24.3 Å². The molecule has 0 saturated carbocycles. The number of methoxy groups -OCH3 is 1. The third-order valence-electron chi connectivity index (χ3n) is 6.29. The second-order valence-electron chi connectivity index (χ2n) is 8.69. The van der Waals surface area contributed by atoms with Gasteiger partial charge in [0.05, 0.1) is 66.0 Å². The van der Waals surface area contributed by atoms with E-state index in [0.29, 0.717) is 43.1 Å². The normalized spacial score (nSPS) is 19.3. The molecule has 0 unspecified atom stereocenters. The SMILES string of the molecule is COC(=O)N1CCO[C@@H](Cn2c(-c3c(F)cc4c(c3Cl)CCS(=O)(=O)N4)nc3cc(C)ccc32)C1. The number of halogens is 2. The summed E-state index contributed by atoms with van der Waals surface area (Å²) in [6.45, 7) is 3.30.